The Morgan fingerprint density at radius 3 is 2.95 bits per heavy atom. The zero-order valence-corrected chi connectivity index (χ0v) is 23.5. The van der Waals surface area contributed by atoms with Crippen LogP contribution in [-0.4, -0.2) is 52.4 Å². The molecule has 1 unspecified atom stereocenters. The number of aryl methyl sites for hydroxylation is 1. The fourth-order valence-corrected chi connectivity index (χ4v) is 5.80. The van der Waals surface area contributed by atoms with Gasteiger partial charge in [-0.3, -0.25) is 18.8 Å². The van der Waals surface area contributed by atoms with Crippen molar-refractivity contribution in [2.24, 2.45) is 5.92 Å². The third kappa shape index (κ3) is 5.95. The van der Waals surface area contributed by atoms with Gasteiger partial charge in [-0.1, -0.05) is 13.0 Å². The molecular weight excluding hydrogens is 548 g/mol. The van der Waals surface area contributed by atoms with E-state index < -0.39 is 17.5 Å². The van der Waals surface area contributed by atoms with Crippen molar-refractivity contribution in [2.45, 2.75) is 39.8 Å². The van der Waals surface area contributed by atoms with E-state index in [1.54, 1.807) is 18.6 Å². The summed E-state index contributed by atoms with van der Waals surface area (Å²) in [7, 11) is 0. The van der Waals surface area contributed by atoms with Crippen LogP contribution in [0.3, 0.4) is 0 Å². The first-order chi connectivity index (χ1) is 19.8. The summed E-state index contributed by atoms with van der Waals surface area (Å²) in [5.41, 5.74) is 3.74. The maximum Gasteiger partial charge on any atom is 0.246 e. The number of likely N-dealkylation sites (tertiary alicyclic amines) is 1. The molecule has 1 aliphatic heterocycles. The van der Waals surface area contributed by atoms with E-state index in [4.69, 9.17) is 0 Å². The highest BCUT2D eigenvalue weighted by molar-refractivity contribution is 7.10. The monoisotopic (exact) mass is 577 g/mol. The molecule has 1 atom stereocenters. The van der Waals surface area contributed by atoms with Gasteiger partial charge in [0.05, 0.1) is 35.2 Å². The molecule has 0 bridgehead atoms. The minimum atomic E-state index is -1.10. The van der Waals surface area contributed by atoms with E-state index >= 15 is 0 Å². The number of imidazole rings is 1. The average molecular weight is 578 g/mol. The highest BCUT2D eigenvalue weighted by Crippen LogP contribution is 2.28. The number of hydrogen-bond acceptors (Lipinski definition) is 8. The Morgan fingerprint density at radius 2 is 2.10 bits per heavy atom. The summed E-state index contributed by atoms with van der Waals surface area (Å²) >= 11 is 1.40. The normalized spacial score (nSPS) is 15.9. The molecule has 2 N–H and O–H groups in total. The van der Waals surface area contributed by atoms with E-state index in [2.05, 4.69) is 48.0 Å². The molecule has 41 heavy (non-hydrogen) atoms. The minimum absolute atomic E-state index is 0.176. The van der Waals surface area contributed by atoms with Gasteiger partial charge in [0.1, 0.15) is 11.5 Å². The standard InChI is InChI=1S/C28H29F2N9OS/c1-17-5-4-8-37(12-17)15-20-9-25(41-36-20)35-27-28-31-11-23(39(28)13-18(2)33-27)19-10-32-38(14-19)16-24(40)34-22-7-3-6-21(29)26(22)30/h3,6-7,9-11,13-14,17H,4-5,8,12,15-16H2,1-2H3,(H,33,35)(H,34,40). The number of nitrogens with zero attached hydrogens (tertiary/aromatic N) is 7. The first kappa shape index (κ1) is 27.0. The summed E-state index contributed by atoms with van der Waals surface area (Å²) in [6.45, 7) is 7.07. The summed E-state index contributed by atoms with van der Waals surface area (Å²) in [6.07, 6.45) is 9.44. The van der Waals surface area contributed by atoms with Gasteiger partial charge in [0.15, 0.2) is 23.1 Å². The second kappa shape index (κ2) is 11.3. The summed E-state index contributed by atoms with van der Waals surface area (Å²) < 4.78 is 35.4. The fourth-order valence-electron chi connectivity index (χ4n) is 5.15. The smallest absolute Gasteiger partial charge is 0.246 e. The van der Waals surface area contributed by atoms with Crippen LogP contribution in [0.1, 0.15) is 31.2 Å². The van der Waals surface area contributed by atoms with Gasteiger partial charge < -0.3 is 10.6 Å². The van der Waals surface area contributed by atoms with E-state index in [-0.39, 0.29) is 12.2 Å². The zero-order chi connectivity index (χ0) is 28.5. The van der Waals surface area contributed by atoms with Crippen molar-refractivity contribution in [1.29, 1.82) is 0 Å². The number of anilines is 3. The molecule has 6 rings (SSSR count). The molecule has 1 amide bonds. The molecule has 5 aromatic rings. The summed E-state index contributed by atoms with van der Waals surface area (Å²) in [6, 6.07) is 5.69. The maximum absolute atomic E-state index is 13.9. The summed E-state index contributed by atoms with van der Waals surface area (Å²) in [5.74, 6) is -1.34. The predicted molar refractivity (Wildman–Crippen MR) is 153 cm³/mol. The lowest BCUT2D eigenvalue weighted by Crippen LogP contribution is -2.33. The molecule has 212 valence electrons. The maximum atomic E-state index is 13.9. The molecule has 0 spiro atoms. The largest absolute Gasteiger partial charge is 0.328 e. The van der Waals surface area contributed by atoms with Gasteiger partial charge in [0.25, 0.3) is 0 Å². The Labute approximate surface area is 239 Å². The lowest BCUT2D eigenvalue weighted by Gasteiger charge is -2.30. The van der Waals surface area contributed by atoms with Crippen LogP contribution in [0.15, 0.2) is 49.1 Å². The van der Waals surface area contributed by atoms with E-state index in [1.165, 1.54) is 41.2 Å². The lowest BCUT2D eigenvalue weighted by molar-refractivity contribution is -0.116. The molecule has 13 heteroatoms. The molecule has 1 aromatic carbocycles. The number of amides is 1. The minimum Gasteiger partial charge on any atom is -0.328 e. The highest BCUT2D eigenvalue weighted by Gasteiger charge is 2.19. The molecule has 0 saturated carbocycles. The van der Waals surface area contributed by atoms with E-state index in [0.29, 0.717) is 17.4 Å². The second-order valence-electron chi connectivity index (χ2n) is 10.4. The van der Waals surface area contributed by atoms with Crippen LogP contribution >= 0.6 is 11.5 Å². The highest BCUT2D eigenvalue weighted by atomic mass is 32.1. The Kier molecular flexibility index (Phi) is 7.45. The number of benzene rings is 1. The Bertz CT molecular complexity index is 1710. The van der Waals surface area contributed by atoms with Crippen LogP contribution in [0.2, 0.25) is 0 Å². The number of aromatic nitrogens is 6. The first-order valence-corrected chi connectivity index (χ1v) is 14.2. The molecule has 5 heterocycles. The van der Waals surface area contributed by atoms with Crippen molar-refractivity contribution in [3.63, 3.8) is 0 Å². The molecular formula is C28H29F2N9OS. The van der Waals surface area contributed by atoms with Crippen molar-refractivity contribution in [1.82, 2.24) is 33.4 Å². The van der Waals surface area contributed by atoms with E-state index in [1.807, 2.05) is 17.5 Å². The topological polar surface area (TPSA) is 105 Å². The number of piperidine rings is 1. The van der Waals surface area contributed by atoms with Crippen molar-refractivity contribution in [3.8, 4) is 11.3 Å². The number of hydrogen-bond donors (Lipinski definition) is 2. The van der Waals surface area contributed by atoms with Gasteiger partial charge in [0.2, 0.25) is 5.91 Å². The second-order valence-corrected chi connectivity index (χ2v) is 11.2. The zero-order valence-electron chi connectivity index (χ0n) is 22.6. The third-order valence-electron chi connectivity index (χ3n) is 7.00. The molecule has 1 saturated heterocycles. The van der Waals surface area contributed by atoms with Crippen LogP contribution in [0.4, 0.5) is 25.3 Å². The summed E-state index contributed by atoms with van der Waals surface area (Å²) in [5, 5.41) is 10.9. The van der Waals surface area contributed by atoms with Crippen LogP contribution in [0.25, 0.3) is 16.9 Å². The van der Waals surface area contributed by atoms with Crippen molar-refractivity contribution in [2.75, 3.05) is 23.7 Å². The van der Waals surface area contributed by atoms with Crippen molar-refractivity contribution >= 4 is 39.6 Å². The number of halogens is 2. The fraction of sp³-hybridized carbons (Fsp3) is 0.321. The molecule has 1 aliphatic rings. The van der Waals surface area contributed by atoms with E-state index in [9.17, 15) is 13.6 Å². The Balaban J connectivity index is 1.17. The van der Waals surface area contributed by atoms with Gasteiger partial charge in [-0.05, 0) is 62.0 Å². The Morgan fingerprint density at radius 1 is 1.22 bits per heavy atom. The van der Waals surface area contributed by atoms with Crippen LogP contribution < -0.4 is 10.6 Å². The molecule has 10 nitrogen and oxygen atoms in total. The summed E-state index contributed by atoms with van der Waals surface area (Å²) in [4.78, 5) is 24.2. The first-order valence-electron chi connectivity index (χ1n) is 13.4. The number of nitrogens with one attached hydrogen (secondary N) is 2. The molecule has 4 aromatic heterocycles. The number of fused-ring (bicyclic) bond motifs is 1. The number of rotatable bonds is 8. The number of carbonyl (C=O) groups is 1. The lowest BCUT2D eigenvalue weighted by atomic mass is 10.0. The molecule has 1 fully saturated rings. The Hall–Kier alpha value is -4.23. The molecule has 0 aliphatic carbocycles. The quantitative estimate of drug-likeness (QED) is 0.260. The van der Waals surface area contributed by atoms with Gasteiger partial charge in [-0.15, -0.1) is 0 Å². The van der Waals surface area contributed by atoms with Crippen molar-refractivity contribution in [3.05, 3.63) is 72.1 Å². The third-order valence-corrected chi connectivity index (χ3v) is 7.74. The predicted octanol–water partition coefficient (Wildman–Crippen LogP) is 5.25. The SMILES string of the molecule is Cc1cn2c(-c3cnn(CC(=O)Nc4cccc(F)c4F)c3)cnc2c(Nc2cc(CN3CCCC(C)C3)ns2)n1. The van der Waals surface area contributed by atoms with Gasteiger partial charge >= 0.3 is 0 Å². The average Bonchev–Trinajstić information content (AvgIpc) is 3.67. The van der Waals surface area contributed by atoms with Gasteiger partial charge in [-0.2, -0.15) is 9.47 Å². The van der Waals surface area contributed by atoms with Crippen LogP contribution in [-0.2, 0) is 17.9 Å². The van der Waals surface area contributed by atoms with Gasteiger partial charge in [-0.25, -0.2) is 18.7 Å². The van der Waals surface area contributed by atoms with Crippen LogP contribution in [0, 0.1) is 24.5 Å². The van der Waals surface area contributed by atoms with Gasteiger partial charge in [0, 0.05) is 31.0 Å². The van der Waals surface area contributed by atoms with E-state index in [0.717, 1.165) is 53.3 Å². The van der Waals surface area contributed by atoms with Crippen molar-refractivity contribution < 1.29 is 13.6 Å². The number of carbonyl (C=O) groups excluding carboxylic acids is 1. The van der Waals surface area contributed by atoms with Crippen LogP contribution in [0.5, 0.6) is 0 Å². The molecule has 0 radical (unpaired) electrons.